The number of nitrogens with one attached hydrogen (secondary N) is 1. The maximum atomic E-state index is 15.5. The van der Waals surface area contributed by atoms with Gasteiger partial charge in [-0.05, 0) is 87.3 Å². The highest BCUT2D eigenvalue weighted by molar-refractivity contribution is 7.81. The number of ether oxygens (including phenoxy) is 1. The van der Waals surface area contributed by atoms with Crippen molar-refractivity contribution >= 4 is 52.2 Å². The molecule has 6 rings (SSSR count). The number of hydrogen-bond donors (Lipinski definition) is 1. The van der Waals surface area contributed by atoms with E-state index in [0.29, 0.717) is 58.1 Å². The number of rotatable bonds is 12. The van der Waals surface area contributed by atoms with Gasteiger partial charge in [-0.3, -0.25) is 39.2 Å². The first-order valence-corrected chi connectivity index (χ1v) is 19.0. The number of benzene rings is 3. The lowest BCUT2D eigenvalue weighted by Gasteiger charge is -2.39. The van der Waals surface area contributed by atoms with Gasteiger partial charge in [0.2, 0.25) is 11.8 Å². The van der Waals surface area contributed by atoms with Crippen LogP contribution in [-0.4, -0.2) is 89.3 Å². The lowest BCUT2D eigenvalue weighted by molar-refractivity contribution is -0.138. The molecule has 0 aliphatic carbocycles. The Kier molecular flexibility index (Phi) is 12.1. The molecule has 3 amide bonds. The average Bonchev–Trinajstić information content (AvgIpc) is 3.32. The van der Waals surface area contributed by atoms with E-state index in [1.807, 2.05) is 31.2 Å². The average molecular weight is 807 g/mol. The molecule has 1 unspecified atom stereocenters. The third-order valence-electron chi connectivity index (χ3n) is 10.7. The molecule has 3 aliphatic heterocycles. The number of piperidine rings is 1. The van der Waals surface area contributed by atoms with Gasteiger partial charge >= 0.3 is 6.18 Å². The number of anilines is 2. The number of imide groups is 1. The van der Waals surface area contributed by atoms with E-state index in [1.165, 1.54) is 43.0 Å². The van der Waals surface area contributed by atoms with Crippen molar-refractivity contribution in [1.82, 2.24) is 15.1 Å². The van der Waals surface area contributed by atoms with Crippen LogP contribution in [0.1, 0.15) is 55.9 Å². The highest BCUT2D eigenvalue weighted by Gasteiger charge is 2.51. The minimum Gasteiger partial charge on any atom is -0.489 e. The molecule has 3 saturated heterocycles. The van der Waals surface area contributed by atoms with E-state index >= 15 is 4.39 Å². The first-order chi connectivity index (χ1) is 27.0. The van der Waals surface area contributed by atoms with Crippen molar-refractivity contribution in [2.75, 3.05) is 49.1 Å². The molecule has 2 atom stereocenters. The molecule has 3 aromatic carbocycles. The summed E-state index contributed by atoms with van der Waals surface area (Å²) < 4.78 is 62.3. The molecule has 1 N–H and O–H groups in total. The van der Waals surface area contributed by atoms with Crippen LogP contribution in [0.25, 0.3) is 0 Å². The largest absolute Gasteiger partial charge is 0.489 e. The third kappa shape index (κ3) is 9.16. The zero-order valence-corrected chi connectivity index (χ0v) is 32.5. The molecule has 3 fully saturated rings. The van der Waals surface area contributed by atoms with Crippen molar-refractivity contribution < 1.29 is 41.5 Å². The summed E-state index contributed by atoms with van der Waals surface area (Å²) >= 11 is 5.56. The Hall–Kier alpha value is -5.24. The number of amides is 3. The van der Waals surface area contributed by atoms with Gasteiger partial charge in [0.15, 0.2) is 22.5 Å². The van der Waals surface area contributed by atoms with Crippen LogP contribution in [0.4, 0.5) is 28.9 Å². The van der Waals surface area contributed by atoms with Gasteiger partial charge in [-0.1, -0.05) is 24.3 Å². The molecule has 0 spiro atoms. The second-order valence-electron chi connectivity index (χ2n) is 15.1. The molecule has 0 aromatic heterocycles. The Balaban J connectivity index is 0.994. The SMILES string of the molecule is C[C@@H]1CN(CCOc2ccc(N3C(=S)N(c4ccc(C#N)c(C(F)(F)F)c4)C(=O)C3(C)C)cc2F)CCN1CC(=O)Cc1cccc(CC2CCC(=O)NC2=O)c1. The second-order valence-corrected chi connectivity index (χ2v) is 15.5. The molecule has 300 valence electrons. The first kappa shape index (κ1) is 41.4. The van der Waals surface area contributed by atoms with E-state index in [1.54, 1.807) is 0 Å². The van der Waals surface area contributed by atoms with Gasteiger partial charge in [-0.2, -0.15) is 18.4 Å². The molecular weight excluding hydrogens is 765 g/mol. The minimum atomic E-state index is -4.84. The number of carbonyl (C=O) groups excluding carboxylic acids is 4. The molecule has 11 nitrogen and oxygen atoms in total. The van der Waals surface area contributed by atoms with E-state index in [-0.39, 0.29) is 64.8 Å². The number of nitriles is 1. The predicted octanol–water partition coefficient (Wildman–Crippen LogP) is 5.42. The number of halogens is 4. The smallest absolute Gasteiger partial charge is 0.417 e. The van der Waals surface area contributed by atoms with Gasteiger partial charge < -0.3 is 9.64 Å². The molecular formula is C41H42F4N6O5S. The van der Waals surface area contributed by atoms with E-state index in [2.05, 4.69) is 15.1 Å². The zero-order valence-electron chi connectivity index (χ0n) is 31.7. The van der Waals surface area contributed by atoms with E-state index < -0.39 is 34.6 Å². The Labute approximate surface area is 333 Å². The summed E-state index contributed by atoms with van der Waals surface area (Å²) in [6, 6.07) is 16.3. The van der Waals surface area contributed by atoms with Crippen LogP contribution in [0.3, 0.4) is 0 Å². The number of hydrogen-bond acceptors (Lipinski definition) is 9. The maximum absolute atomic E-state index is 15.5. The number of thiocarbonyl (C=S) groups is 1. The van der Waals surface area contributed by atoms with Gasteiger partial charge in [-0.25, -0.2) is 4.39 Å². The van der Waals surface area contributed by atoms with Crippen LogP contribution in [0, 0.1) is 23.1 Å². The summed E-state index contributed by atoms with van der Waals surface area (Å²) in [5.74, 6) is -2.05. The van der Waals surface area contributed by atoms with Crippen LogP contribution in [0.5, 0.6) is 5.75 Å². The van der Waals surface area contributed by atoms with E-state index in [0.717, 1.165) is 28.2 Å². The normalized spacial score (nSPS) is 20.5. The number of Topliss-reactive ketones (excluding diaryl/α,β-unsaturated/α-hetero) is 1. The standard InChI is InChI=1S/C41H42F4N6O5S/c1-25-23-48(13-14-49(25)24-32(52)19-27-6-4-5-26(17-27)18-28-8-12-36(53)47-37(28)54)15-16-56-35-11-10-31(21-34(35)42)51-39(57)50(38(55)40(51,2)3)30-9-7-29(22-46)33(20-30)41(43,44)45/h4-7,9-11,17,20-21,25,28H,8,12-16,18-19,23-24H2,1-3H3,(H,47,53,54)/t25-,28?/m1/s1. The number of alkyl halides is 3. The molecule has 3 aliphatic rings. The summed E-state index contributed by atoms with van der Waals surface area (Å²) in [4.78, 5) is 56.9. The topological polar surface area (TPSA) is 126 Å². The van der Waals surface area contributed by atoms with Crippen molar-refractivity contribution in [2.24, 2.45) is 5.92 Å². The fourth-order valence-corrected chi connectivity index (χ4v) is 8.12. The fraction of sp³-hybridized carbons (Fsp3) is 0.415. The van der Waals surface area contributed by atoms with Crippen LogP contribution < -0.4 is 19.9 Å². The van der Waals surface area contributed by atoms with E-state index in [4.69, 9.17) is 17.0 Å². The summed E-state index contributed by atoms with van der Waals surface area (Å²) in [5.41, 5.74) is -1.31. The van der Waals surface area contributed by atoms with Gasteiger partial charge in [0.05, 0.1) is 29.4 Å². The summed E-state index contributed by atoms with van der Waals surface area (Å²) in [5, 5.41) is 11.4. The Morgan fingerprint density at radius 3 is 2.46 bits per heavy atom. The zero-order chi connectivity index (χ0) is 41.2. The van der Waals surface area contributed by atoms with Crippen LogP contribution >= 0.6 is 12.2 Å². The van der Waals surface area contributed by atoms with Gasteiger partial charge in [0.25, 0.3) is 5.91 Å². The van der Waals surface area contributed by atoms with E-state index in [9.17, 15) is 37.6 Å². The monoisotopic (exact) mass is 806 g/mol. The summed E-state index contributed by atoms with van der Waals surface area (Å²) in [6.07, 6.45) is -3.23. The molecule has 57 heavy (non-hydrogen) atoms. The van der Waals surface area contributed by atoms with Crippen molar-refractivity contribution in [2.45, 2.75) is 64.2 Å². The third-order valence-corrected chi connectivity index (χ3v) is 11.0. The molecule has 0 bridgehead atoms. The number of nitrogens with zero attached hydrogens (tertiary/aromatic N) is 5. The van der Waals surface area contributed by atoms with Gasteiger partial charge in [-0.15, -0.1) is 0 Å². The fourth-order valence-electron chi connectivity index (χ4n) is 7.59. The quantitative estimate of drug-likeness (QED) is 0.144. The Bertz CT molecular complexity index is 2140. The van der Waals surface area contributed by atoms with Gasteiger partial charge in [0.1, 0.15) is 12.1 Å². The predicted molar refractivity (Wildman–Crippen MR) is 207 cm³/mol. The van der Waals surface area contributed by atoms with Crippen molar-refractivity contribution in [1.29, 1.82) is 5.26 Å². The van der Waals surface area contributed by atoms with Crippen molar-refractivity contribution in [3.05, 3.63) is 88.7 Å². The van der Waals surface area contributed by atoms with Crippen molar-refractivity contribution in [3.8, 4) is 11.8 Å². The Morgan fingerprint density at radius 1 is 1.04 bits per heavy atom. The van der Waals surface area contributed by atoms with Crippen molar-refractivity contribution in [3.63, 3.8) is 0 Å². The summed E-state index contributed by atoms with van der Waals surface area (Å²) in [6.45, 7) is 8.10. The van der Waals surface area contributed by atoms with Gasteiger partial charge in [0, 0.05) is 62.7 Å². The number of ketones is 1. The summed E-state index contributed by atoms with van der Waals surface area (Å²) in [7, 11) is 0. The second kappa shape index (κ2) is 16.7. The molecule has 0 saturated carbocycles. The maximum Gasteiger partial charge on any atom is 0.417 e. The lowest BCUT2D eigenvalue weighted by Crippen LogP contribution is -2.53. The highest BCUT2D eigenvalue weighted by atomic mass is 32.1. The number of piperazine rings is 1. The van der Waals surface area contributed by atoms with Crippen LogP contribution in [0.15, 0.2) is 60.7 Å². The highest BCUT2D eigenvalue weighted by Crippen LogP contribution is 2.40. The molecule has 16 heteroatoms. The molecule has 0 radical (unpaired) electrons. The number of carbonyl (C=O) groups is 4. The van der Waals surface area contributed by atoms with Crippen LogP contribution in [0.2, 0.25) is 0 Å². The molecule has 3 aromatic rings. The molecule has 3 heterocycles. The lowest BCUT2D eigenvalue weighted by atomic mass is 9.90. The van der Waals surface area contributed by atoms with Crippen LogP contribution in [-0.2, 0) is 38.2 Å². The minimum absolute atomic E-state index is 0.0229. The first-order valence-electron chi connectivity index (χ1n) is 18.6. The Morgan fingerprint density at radius 2 is 1.77 bits per heavy atom.